The third kappa shape index (κ3) is 3.65. The van der Waals surface area contributed by atoms with E-state index in [1.807, 2.05) is 49.4 Å². The summed E-state index contributed by atoms with van der Waals surface area (Å²) in [5.74, 6) is -0.00597. The Morgan fingerprint density at radius 2 is 1.84 bits per heavy atom. The van der Waals surface area contributed by atoms with Crippen molar-refractivity contribution in [3.63, 3.8) is 0 Å². The number of pyridine rings is 1. The van der Waals surface area contributed by atoms with Crippen LogP contribution in [0.3, 0.4) is 0 Å². The maximum atomic E-state index is 12.2. The van der Waals surface area contributed by atoms with Gasteiger partial charge < -0.3 is 5.32 Å². The van der Waals surface area contributed by atoms with Crippen molar-refractivity contribution in [3.8, 4) is 0 Å². The van der Waals surface area contributed by atoms with Crippen molar-refractivity contribution in [2.45, 2.75) is 25.8 Å². The molecule has 0 saturated heterocycles. The maximum Gasteiger partial charge on any atom is 0.227 e. The second kappa shape index (κ2) is 6.69. The summed E-state index contributed by atoms with van der Waals surface area (Å²) in [5.41, 5.74) is 2.13. The van der Waals surface area contributed by atoms with Crippen molar-refractivity contribution in [1.82, 2.24) is 10.3 Å². The molecule has 0 aliphatic rings. The van der Waals surface area contributed by atoms with Crippen molar-refractivity contribution >= 4 is 5.91 Å². The zero-order valence-corrected chi connectivity index (χ0v) is 11.0. The Bertz CT molecular complexity index is 511. The highest BCUT2D eigenvalue weighted by Crippen LogP contribution is 2.19. The number of carbonyl (C=O) groups is 1. The summed E-state index contributed by atoms with van der Waals surface area (Å²) in [6, 6.07) is 13.7. The Morgan fingerprint density at radius 3 is 2.47 bits per heavy atom. The van der Waals surface area contributed by atoms with Crippen LogP contribution < -0.4 is 5.32 Å². The second-order valence-electron chi connectivity index (χ2n) is 4.44. The number of carbonyl (C=O) groups excluding carboxylic acids is 1. The molecule has 0 unspecified atom stereocenters. The average Bonchev–Trinajstić information content (AvgIpc) is 2.48. The van der Waals surface area contributed by atoms with Gasteiger partial charge in [0.1, 0.15) is 0 Å². The van der Waals surface area contributed by atoms with Gasteiger partial charge in [0.2, 0.25) is 5.91 Å². The van der Waals surface area contributed by atoms with Crippen LogP contribution in [0.2, 0.25) is 0 Å². The van der Waals surface area contributed by atoms with Gasteiger partial charge in [-0.1, -0.05) is 37.3 Å². The van der Waals surface area contributed by atoms with E-state index >= 15 is 0 Å². The van der Waals surface area contributed by atoms with E-state index in [9.17, 15) is 4.79 Å². The average molecular weight is 254 g/mol. The molecule has 0 aliphatic carbocycles. The van der Waals surface area contributed by atoms with Crippen LogP contribution in [0.5, 0.6) is 0 Å². The molecule has 1 aromatic carbocycles. The van der Waals surface area contributed by atoms with E-state index in [1.165, 1.54) is 0 Å². The van der Waals surface area contributed by atoms with Gasteiger partial charge in [-0.05, 0) is 29.7 Å². The molecule has 0 bridgehead atoms. The molecule has 0 spiro atoms. The van der Waals surface area contributed by atoms with Crippen molar-refractivity contribution < 1.29 is 4.79 Å². The lowest BCUT2D eigenvalue weighted by molar-refractivity contribution is -0.122. The molecule has 1 N–H and O–H groups in total. The normalized spacial score (nSPS) is 11.8. The second-order valence-corrected chi connectivity index (χ2v) is 4.44. The molecule has 0 radical (unpaired) electrons. The van der Waals surface area contributed by atoms with Crippen molar-refractivity contribution in [1.29, 1.82) is 0 Å². The lowest BCUT2D eigenvalue weighted by Gasteiger charge is -2.15. The predicted octanol–water partition coefficient (Wildman–Crippen LogP) is 2.89. The molecule has 3 nitrogen and oxygen atoms in total. The Morgan fingerprint density at radius 1 is 1.16 bits per heavy atom. The van der Waals surface area contributed by atoms with Gasteiger partial charge in [0.25, 0.3) is 0 Å². The summed E-state index contributed by atoms with van der Waals surface area (Å²) in [4.78, 5) is 16.2. The van der Waals surface area contributed by atoms with E-state index in [-0.39, 0.29) is 11.8 Å². The van der Waals surface area contributed by atoms with E-state index in [1.54, 1.807) is 12.4 Å². The number of nitrogens with zero attached hydrogens (tertiary/aromatic N) is 1. The van der Waals surface area contributed by atoms with Crippen molar-refractivity contribution in [3.05, 3.63) is 66.0 Å². The summed E-state index contributed by atoms with van der Waals surface area (Å²) < 4.78 is 0. The minimum Gasteiger partial charge on any atom is -0.351 e. The van der Waals surface area contributed by atoms with Crippen LogP contribution in [0.15, 0.2) is 54.9 Å². The maximum absolute atomic E-state index is 12.2. The van der Waals surface area contributed by atoms with Crippen LogP contribution in [-0.4, -0.2) is 10.9 Å². The van der Waals surface area contributed by atoms with Crippen LogP contribution in [0, 0.1) is 0 Å². The van der Waals surface area contributed by atoms with Crippen molar-refractivity contribution in [2.24, 2.45) is 0 Å². The summed E-state index contributed by atoms with van der Waals surface area (Å²) in [7, 11) is 0. The minimum absolute atomic E-state index is 0.0745. The smallest absolute Gasteiger partial charge is 0.227 e. The highest BCUT2D eigenvalue weighted by atomic mass is 16.1. The summed E-state index contributed by atoms with van der Waals surface area (Å²) >= 11 is 0. The summed E-state index contributed by atoms with van der Waals surface area (Å²) in [6.07, 6.45) is 4.26. The van der Waals surface area contributed by atoms with Gasteiger partial charge in [-0.25, -0.2) is 0 Å². The number of nitrogens with one attached hydrogen (secondary N) is 1. The Hall–Kier alpha value is -2.16. The number of benzene rings is 1. The number of rotatable bonds is 5. The molecule has 2 rings (SSSR count). The molecule has 3 heteroatoms. The minimum atomic E-state index is -0.0805. The number of hydrogen-bond donors (Lipinski definition) is 1. The highest BCUT2D eigenvalue weighted by Gasteiger charge is 2.17. The van der Waals surface area contributed by atoms with E-state index in [0.717, 1.165) is 17.5 Å². The number of amides is 1. The lowest BCUT2D eigenvalue weighted by Crippen LogP contribution is -2.28. The fourth-order valence-electron chi connectivity index (χ4n) is 2.07. The molecular formula is C16H18N2O. The van der Waals surface area contributed by atoms with Gasteiger partial charge in [-0.15, -0.1) is 0 Å². The van der Waals surface area contributed by atoms with Gasteiger partial charge in [0.05, 0.1) is 5.92 Å². The molecule has 19 heavy (non-hydrogen) atoms. The van der Waals surface area contributed by atoms with E-state index in [4.69, 9.17) is 0 Å². The summed E-state index contributed by atoms with van der Waals surface area (Å²) in [5, 5.41) is 2.98. The molecule has 0 fully saturated rings. The highest BCUT2D eigenvalue weighted by molar-refractivity contribution is 5.83. The van der Waals surface area contributed by atoms with E-state index in [2.05, 4.69) is 10.3 Å². The number of aromatic nitrogens is 1. The zero-order chi connectivity index (χ0) is 13.5. The zero-order valence-electron chi connectivity index (χ0n) is 11.0. The van der Waals surface area contributed by atoms with Gasteiger partial charge >= 0.3 is 0 Å². The molecule has 0 aliphatic heterocycles. The molecule has 1 atom stereocenters. The molecule has 2 aromatic rings. The predicted molar refractivity (Wildman–Crippen MR) is 75.6 cm³/mol. The van der Waals surface area contributed by atoms with Crippen LogP contribution in [0.4, 0.5) is 0 Å². The van der Waals surface area contributed by atoms with Gasteiger partial charge in [-0.3, -0.25) is 9.78 Å². The first kappa shape index (κ1) is 13.3. The largest absolute Gasteiger partial charge is 0.351 e. The monoisotopic (exact) mass is 254 g/mol. The molecular weight excluding hydrogens is 236 g/mol. The third-order valence-corrected chi connectivity index (χ3v) is 3.14. The fourth-order valence-corrected chi connectivity index (χ4v) is 2.07. The topological polar surface area (TPSA) is 42.0 Å². The van der Waals surface area contributed by atoms with Gasteiger partial charge in [0.15, 0.2) is 0 Å². The first-order valence-corrected chi connectivity index (χ1v) is 6.53. The van der Waals surface area contributed by atoms with Gasteiger partial charge in [0, 0.05) is 18.9 Å². The van der Waals surface area contributed by atoms with E-state index < -0.39 is 0 Å². The molecule has 1 amide bonds. The quantitative estimate of drug-likeness (QED) is 0.891. The van der Waals surface area contributed by atoms with E-state index in [0.29, 0.717) is 6.54 Å². The van der Waals surface area contributed by atoms with Crippen LogP contribution in [0.1, 0.15) is 30.4 Å². The van der Waals surface area contributed by atoms with Crippen molar-refractivity contribution in [2.75, 3.05) is 0 Å². The molecule has 98 valence electrons. The Balaban J connectivity index is 1.98. The SMILES string of the molecule is CC[C@@H](C(=O)NCc1ccncc1)c1ccccc1. The van der Waals surface area contributed by atoms with Crippen LogP contribution in [-0.2, 0) is 11.3 Å². The van der Waals surface area contributed by atoms with Gasteiger partial charge in [-0.2, -0.15) is 0 Å². The Labute approximate surface area is 113 Å². The number of hydrogen-bond acceptors (Lipinski definition) is 2. The standard InChI is InChI=1S/C16H18N2O/c1-2-15(14-6-4-3-5-7-14)16(19)18-12-13-8-10-17-11-9-13/h3-11,15H,2,12H2,1H3,(H,18,19)/t15-/m1/s1. The van der Waals surface area contributed by atoms with Crippen LogP contribution >= 0.6 is 0 Å². The first-order chi connectivity index (χ1) is 9.31. The summed E-state index contributed by atoms with van der Waals surface area (Å²) in [6.45, 7) is 2.58. The molecule has 0 saturated carbocycles. The Kier molecular flexibility index (Phi) is 4.67. The molecule has 1 heterocycles. The third-order valence-electron chi connectivity index (χ3n) is 3.14. The first-order valence-electron chi connectivity index (χ1n) is 6.53. The van der Waals surface area contributed by atoms with Crippen LogP contribution in [0.25, 0.3) is 0 Å². The lowest BCUT2D eigenvalue weighted by atomic mass is 9.95. The molecule has 1 aromatic heterocycles. The fraction of sp³-hybridized carbons (Fsp3) is 0.250.